The lowest BCUT2D eigenvalue weighted by Gasteiger charge is -1.96. The number of amides is 1. The lowest BCUT2D eigenvalue weighted by Crippen LogP contribution is -2.23. The van der Waals surface area contributed by atoms with E-state index < -0.39 is 0 Å². The molecule has 3 N–H and O–H groups in total. The molecule has 6 heteroatoms. The van der Waals surface area contributed by atoms with Gasteiger partial charge >= 0.3 is 0 Å². The van der Waals surface area contributed by atoms with E-state index in [-0.39, 0.29) is 12.5 Å². The number of nitrogens with one attached hydrogen (secondary N) is 1. The molecule has 1 aromatic heterocycles. The van der Waals surface area contributed by atoms with Crippen LogP contribution in [0.25, 0.3) is 0 Å². The molecular formula is C5H9N5O. The van der Waals surface area contributed by atoms with E-state index >= 15 is 0 Å². The fourth-order valence-corrected chi connectivity index (χ4v) is 0.617. The summed E-state index contributed by atoms with van der Waals surface area (Å²) >= 11 is 0. The Morgan fingerprint density at radius 3 is 3.09 bits per heavy atom. The van der Waals surface area contributed by atoms with Crippen LogP contribution in [-0.4, -0.2) is 27.9 Å². The molecule has 0 radical (unpaired) electrons. The summed E-state index contributed by atoms with van der Waals surface area (Å²) in [5.74, 6) is 0.184. The molecular weight excluding hydrogens is 146 g/mol. The minimum absolute atomic E-state index is 0.130. The molecule has 0 fully saturated rings. The van der Waals surface area contributed by atoms with Gasteiger partial charge in [-0.25, -0.2) is 4.68 Å². The van der Waals surface area contributed by atoms with Gasteiger partial charge in [0.15, 0.2) is 5.82 Å². The van der Waals surface area contributed by atoms with Gasteiger partial charge in [-0.2, -0.15) is 0 Å². The van der Waals surface area contributed by atoms with E-state index in [2.05, 4.69) is 15.6 Å². The number of nitrogens with two attached hydrogens (primary N) is 1. The highest BCUT2D eigenvalue weighted by atomic mass is 16.1. The van der Waals surface area contributed by atoms with E-state index in [0.717, 1.165) is 0 Å². The lowest BCUT2D eigenvalue weighted by molar-refractivity contribution is -0.121. The number of carbonyl (C=O) groups excluding carboxylic acids is 1. The third-order valence-corrected chi connectivity index (χ3v) is 1.14. The first-order chi connectivity index (χ1) is 5.22. The topological polar surface area (TPSA) is 85.8 Å². The number of carbonyl (C=O) groups is 1. The molecule has 0 aromatic carbocycles. The first-order valence-electron chi connectivity index (χ1n) is 3.08. The minimum Gasteiger partial charge on any atom is -0.381 e. The summed E-state index contributed by atoms with van der Waals surface area (Å²) in [6, 6.07) is 0. The zero-order valence-electron chi connectivity index (χ0n) is 6.11. The van der Waals surface area contributed by atoms with E-state index in [1.807, 2.05) is 0 Å². The molecule has 0 aliphatic heterocycles. The Bertz CT molecular complexity index is 255. The van der Waals surface area contributed by atoms with E-state index in [1.165, 1.54) is 10.9 Å². The van der Waals surface area contributed by atoms with Crippen molar-refractivity contribution in [1.82, 2.24) is 20.3 Å². The predicted molar refractivity (Wildman–Crippen MR) is 38.5 cm³/mol. The van der Waals surface area contributed by atoms with Crippen LogP contribution < -0.4 is 11.1 Å². The monoisotopic (exact) mass is 155 g/mol. The van der Waals surface area contributed by atoms with Crippen molar-refractivity contribution in [2.75, 3.05) is 12.8 Å². The van der Waals surface area contributed by atoms with Crippen LogP contribution in [0.3, 0.4) is 0 Å². The lowest BCUT2D eigenvalue weighted by atomic mass is 10.6. The molecule has 1 heterocycles. The zero-order chi connectivity index (χ0) is 8.27. The SMILES string of the molecule is CNC(=O)Cn1cc(N)nn1. The Hall–Kier alpha value is -1.59. The van der Waals surface area contributed by atoms with Crippen molar-refractivity contribution in [3.63, 3.8) is 0 Å². The summed E-state index contributed by atoms with van der Waals surface area (Å²) in [4.78, 5) is 10.7. The summed E-state index contributed by atoms with van der Waals surface area (Å²) in [6.07, 6.45) is 1.50. The summed E-state index contributed by atoms with van der Waals surface area (Å²) in [5, 5.41) is 9.55. The first kappa shape index (κ1) is 7.52. The molecule has 1 aromatic rings. The molecule has 11 heavy (non-hydrogen) atoms. The van der Waals surface area contributed by atoms with Gasteiger partial charge in [-0.05, 0) is 0 Å². The highest BCUT2D eigenvalue weighted by Crippen LogP contribution is 1.91. The number of nitrogen functional groups attached to an aromatic ring is 1. The Labute approximate surface area is 63.4 Å². The number of hydrogen-bond donors (Lipinski definition) is 2. The summed E-state index contributed by atoms with van der Waals surface area (Å²) < 4.78 is 1.37. The fourth-order valence-electron chi connectivity index (χ4n) is 0.617. The Morgan fingerprint density at radius 2 is 2.64 bits per heavy atom. The average molecular weight is 155 g/mol. The van der Waals surface area contributed by atoms with E-state index in [1.54, 1.807) is 7.05 Å². The first-order valence-corrected chi connectivity index (χ1v) is 3.08. The summed E-state index contributed by atoms with van der Waals surface area (Å²) in [7, 11) is 1.56. The molecule has 60 valence electrons. The standard InChI is InChI=1S/C5H9N5O/c1-7-5(11)3-10-2-4(6)8-9-10/h2H,3,6H2,1H3,(H,7,11). The maximum atomic E-state index is 10.7. The Morgan fingerprint density at radius 1 is 1.91 bits per heavy atom. The van der Waals surface area contributed by atoms with Crippen LogP contribution >= 0.6 is 0 Å². The van der Waals surface area contributed by atoms with Gasteiger partial charge in [0.2, 0.25) is 5.91 Å². The molecule has 1 amide bonds. The van der Waals surface area contributed by atoms with Gasteiger partial charge in [0.25, 0.3) is 0 Å². The van der Waals surface area contributed by atoms with Crippen LogP contribution in [-0.2, 0) is 11.3 Å². The van der Waals surface area contributed by atoms with Crippen molar-refractivity contribution < 1.29 is 4.79 Å². The smallest absolute Gasteiger partial charge is 0.241 e. The molecule has 0 atom stereocenters. The summed E-state index contributed by atoms with van der Waals surface area (Å²) in [5.41, 5.74) is 5.27. The van der Waals surface area contributed by atoms with Gasteiger partial charge in [-0.3, -0.25) is 4.79 Å². The van der Waals surface area contributed by atoms with Crippen molar-refractivity contribution in [2.45, 2.75) is 6.54 Å². The van der Waals surface area contributed by atoms with Gasteiger partial charge in [-0.1, -0.05) is 5.21 Å². The van der Waals surface area contributed by atoms with Gasteiger partial charge in [0.1, 0.15) is 6.54 Å². The Balaban J connectivity index is 2.57. The quantitative estimate of drug-likeness (QED) is 0.550. The van der Waals surface area contributed by atoms with Crippen LogP contribution in [0.5, 0.6) is 0 Å². The van der Waals surface area contributed by atoms with Gasteiger partial charge in [0.05, 0.1) is 6.20 Å². The molecule has 6 nitrogen and oxygen atoms in total. The van der Waals surface area contributed by atoms with Crippen molar-refractivity contribution in [2.24, 2.45) is 0 Å². The molecule has 0 unspecified atom stereocenters. The third-order valence-electron chi connectivity index (χ3n) is 1.14. The van der Waals surface area contributed by atoms with Crippen molar-refractivity contribution in [3.8, 4) is 0 Å². The van der Waals surface area contributed by atoms with Crippen LogP contribution in [0, 0.1) is 0 Å². The van der Waals surface area contributed by atoms with Crippen LogP contribution in [0.4, 0.5) is 5.82 Å². The van der Waals surface area contributed by atoms with Crippen LogP contribution in [0.15, 0.2) is 6.20 Å². The molecule has 0 spiro atoms. The predicted octanol–water partition coefficient (Wildman–Crippen LogP) is -1.39. The zero-order valence-corrected chi connectivity index (χ0v) is 6.11. The molecule has 0 saturated carbocycles. The van der Waals surface area contributed by atoms with Crippen molar-refractivity contribution in [1.29, 1.82) is 0 Å². The van der Waals surface area contributed by atoms with E-state index in [0.29, 0.717) is 5.82 Å². The van der Waals surface area contributed by atoms with E-state index in [4.69, 9.17) is 5.73 Å². The maximum Gasteiger partial charge on any atom is 0.241 e. The average Bonchev–Trinajstić information content (AvgIpc) is 2.35. The summed E-state index contributed by atoms with van der Waals surface area (Å²) in [6.45, 7) is 0.153. The molecule has 0 aliphatic carbocycles. The highest BCUT2D eigenvalue weighted by molar-refractivity contribution is 5.75. The van der Waals surface area contributed by atoms with Crippen LogP contribution in [0.2, 0.25) is 0 Å². The fraction of sp³-hybridized carbons (Fsp3) is 0.400. The molecule has 1 rings (SSSR count). The van der Waals surface area contributed by atoms with Crippen molar-refractivity contribution in [3.05, 3.63) is 6.20 Å². The maximum absolute atomic E-state index is 10.7. The Kier molecular flexibility index (Phi) is 2.05. The number of nitrogens with zero attached hydrogens (tertiary/aromatic N) is 3. The van der Waals surface area contributed by atoms with Crippen molar-refractivity contribution >= 4 is 11.7 Å². The second kappa shape index (κ2) is 3.00. The molecule has 0 saturated heterocycles. The highest BCUT2D eigenvalue weighted by Gasteiger charge is 2.00. The molecule has 0 bridgehead atoms. The minimum atomic E-state index is -0.130. The van der Waals surface area contributed by atoms with E-state index in [9.17, 15) is 4.79 Å². The van der Waals surface area contributed by atoms with Gasteiger partial charge in [0, 0.05) is 7.05 Å². The number of likely N-dealkylation sites (N-methyl/N-ethyl adjacent to an activating group) is 1. The largest absolute Gasteiger partial charge is 0.381 e. The second-order valence-electron chi connectivity index (χ2n) is 2.01. The van der Waals surface area contributed by atoms with Gasteiger partial charge in [-0.15, -0.1) is 5.10 Å². The number of hydrogen-bond acceptors (Lipinski definition) is 4. The third kappa shape index (κ3) is 1.92. The number of anilines is 1. The van der Waals surface area contributed by atoms with Crippen LogP contribution in [0.1, 0.15) is 0 Å². The van der Waals surface area contributed by atoms with Gasteiger partial charge < -0.3 is 11.1 Å². The number of aromatic nitrogens is 3. The second-order valence-corrected chi connectivity index (χ2v) is 2.01. The molecule has 0 aliphatic rings. The number of rotatable bonds is 2. The normalized spacial score (nSPS) is 9.55.